The average molecular weight is 235 g/mol. The molecule has 3 N–H and O–H groups in total. The van der Waals surface area contributed by atoms with Crippen LogP contribution in [0.25, 0.3) is 0 Å². The molecule has 1 aromatic heterocycles. The third kappa shape index (κ3) is 2.36. The van der Waals surface area contributed by atoms with Gasteiger partial charge in [0.1, 0.15) is 5.69 Å². The fourth-order valence-corrected chi connectivity index (χ4v) is 2.19. The van der Waals surface area contributed by atoms with Crippen LogP contribution in [0.15, 0.2) is 12.4 Å². The maximum absolute atomic E-state index is 12.2. The third-order valence-corrected chi connectivity index (χ3v) is 3.13. The highest BCUT2D eigenvalue weighted by Gasteiger charge is 2.28. The Balaban J connectivity index is 2.13. The molecule has 1 amide bonds. The molecule has 0 aliphatic carbocycles. The summed E-state index contributed by atoms with van der Waals surface area (Å²) >= 11 is 0. The van der Waals surface area contributed by atoms with Gasteiger partial charge in [0.15, 0.2) is 5.82 Å². The molecule has 92 valence electrons. The molecule has 0 saturated carbocycles. The van der Waals surface area contributed by atoms with Gasteiger partial charge in [-0.25, -0.2) is 15.8 Å². The highest BCUT2D eigenvalue weighted by Crippen LogP contribution is 2.21. The summed E-state index contributed by atoms with van der Waals surface area (Å²) in [6.07, 6.45) is 6.06. The second kappa shape index (κ2) is 5.09. The number of hydrazine groups is 1. The number of carbonyl (C=O) groups excluding carboxylic acids is 1. The second-order valence-corrected chi connectivity index (χ2v) is 4.13. The van der Waals surface area contributed by atoms with Crippen LogP contribution in [0, 0.1) is 0 Å². The molecule has 6 heteroatoms. The zero-order valence-corrected chi connectivity index (χ0v) is 9.89. The maximum Gasteiger partial charge on any atom is 0.274 e. The molecule has 17 heavy (non-hydrogen) atoms. The number of aromatic nitrogens is 2. The number of anilines is 1. The van der Waals surface area contributed by atoms with E-state index in [9.17, 15) is 4.79 Å². The summed E-state index contributed by atoms with van der Waals surface area (Å²) in [4.78, 5) is 22.1. The Kier molecular flexibility index (Phi) is 3.53. The largest absolute Gasteiger partial charge is 0.334 e. The number of nitrogens with two attached hydrogens (primary N) is 1. The van der Waals surface area contributed by atoms with E-state index < -0.39 is 0 Å². The van der Waals surface area contributed by atoms with Crippen molar-refractivity contribution >= 4 is 11.7 Å². The van der Waals surface area contributed by atoms with E-state index in [0.717, 1.165) is 25.8 Å². The molecule has 1 fully saturated rings. The van der Waals surface area contributed by atoms with Crippen LogP contribution in [-0.2, 0) is 0 Å². The molecule has 0 radical (unpaired) electrons. The van der Waals surface area contributed by atoms with E-state index in [4.69, 9.17) is 5.84 Å². The highest BCUT2D eigenvalue weighted by atomic mass is 16.2. The Hall–Kier alpha value is -1.69. The van der Waals surface area contributed by atoms with Gasteiger partial charge >= 0.3 is 0 Å². The first-order valence-corrected chi connectivity index (χ1v) is 5.86. The van der Waals surface area contributed by atoms with Crippen molar-refractivity contribution in [2.24, 2.45) is 5.84 Å². The zero-order chi connectivity index (χ0) is 12.3. The number of amides is 1. The van der Waals surface area contributed by atoms with E-state index in [1.165, 1.54) is 12.4 Å². The van der Waals surface area contributed by atoms with Crippen LogP contribution in [0.5, 0.6) is 0 Å². The summed E-state index contributed by atoms with van der Waals surface area (Å²) in [6.45, 7) is 2.92. The standard InChI is InChI=1S/C11H17N5O/c1-2-8-4-3-5-16(8)11(17)9-6-14-10(15-12)7-13-9/h6-8H,2-5,12H2,1H3,(H,14,15). The van der Waals surface area contributed by atoms with E-state index in [1.807, 2.05) is 4.90 Å². The van der Waals surface area contributed by atoms with E-state index in [1.54, 1.807) is 0 Å². The normalized spacial score (nSPS) is 19.4. The number of nitrogen functional groups attached to an aromatic ring is 1. The van der Waals surface area contributed by atoms with Gasteiger partial charge in [0.2, 0.25) is 0 Å². The molecule has 1 saturated heterocycles. The highest BCUT2D eigenvalue weighted by molar-refractivity contribution is 5.92. The third-order valence-electron chi connectivity index (χ3n) is 3.13. The Morgan fingerprint density at radius 2 is 2.41 bits per heavy atom. The van der Waals surface area contributed by atoms with Crippen LogP contribution in [0.4, 0.5) is 5.82 Å². The lowest BCUT2D eigenvalue weighted by Gasteiger charge is -2.22. The zero-order valence-electron chi connectivity index (χ0n) is 9.89. The summed E-state index contributed by atoms with van der Waals surface area (Å²) in [5.74, 6) is 5.61. The lowest BCUT2D eigenvalue weighted by molar-refractivity contribution is 0.0727. The topological polar surface area (TPSA) is 84.1 Å². The number of hydrogen-bond donors (Lipinski definition) is 2. The van der Waals surface area contributed by atoms with Crippen LogP contribution in [0.3, 0.4) is 0 Å². The van der Waals surface area contributed by atoms with Crippen molar-refractivity contribution in [3.63, 3.8) is 0 Å². The summed E-state index contributed by atoms with van der Waals surface area (Å²) in [5, 5.41) is 0. The van der Waals surface area contributed by atoms with Crippen molar-refractivity contribution in [1.29, 1.82) is 0 Å². The molecule has 0 bridgehead atoms. The SMILES string of the molecule is CCC1CCCN1C(=O)c1cnc(NN)cn1. The maximum atomic E-state index is 12.2. The van der Waals surface area contributed by atoms with Crippen molar-refractivity contribution < 1.29 is 4.79 Å². The predicted octanol–water partition coefficient (Wildman–Crippen LogP) is 0.777. The Labute approximate surface area is 100 Å². The van der Waals surface area contributed by atoms with Crippen LogP contribution in [-0.4, -0.2) is 33.4 Å². The molecule has 1 aliphatic heterocycles. The number of nitrogens with one attached hydrogen (secondary N) is 1. The molecule has 6 nitrogen and oxygen atoms in total. The lowest BCUT2D eigenvalue weighted by Crippen LogP contribution is -2.35. The van der Waals surface area contributed by atoms with E-state index in [2.05, 4.69) is 22.3 Å². The summed E-state index contributed by atoms with van der Waals surface area (Å²) in [6, 6.07) is 0.344. The van der Waals surface area contributed by atoms with Gasteiger partial charge in [0, 0.05) is 12.6 Å². The Bertz CT molecular complexity index is 391. The molecule has 2 heterocycles. The van der Waals surface area contributed by atoms with Crippen LogP contribution < -0.4 is 11.3 Å². The molecular formula is C11H17N5O. The van der Waals surface area contributed by atoms with Crippen molar-refractivity contribution in [2.45, 2.75) is 32.2 Å². The van der Waals surface area contributed by atoms with Gasteiger partial charge in [-0.3, -0.25) is 4.79 Å². The molecule has 0 aromatic carbocycles. The number of nitrogens with zero attached hydrogens (tertiary/aromatic N) is 3. The number of rotatable bonds is 3. The summed E-state index contributed by atoms with van der Waals surface area (Å²) < 4.78 is 0. The fraction of sp³-hybridized carbons (Fsp3) is 0.545. The van der Waals surface area contributed by atoms with E-state index in [0.29, 0.717) is 17.6 Å². The lowest BCUT2D eigenvalue weighted by atomic mass is 10.1. The molecule has 1 aliphatic rings. The molecule has 1 atom stereocenters. The number of hydrogen-bond acceptors (Lipinski definition) is 5. The fourth-order valence-electron chi connectivity index (χ4n) is 2.19. The molecule has 2 rings (SSSR count). The van der Waals surface area contributed by atoms with Gasteiger partial charge in [-0.15, -0.1) is 0 Å². The Morgan fingerprint density at radius 3 is 3.00 bits per heavy atom. The van der Waals surface area contributed by atoms with Gasteiger partial charge in [0.25, 0.3) is 5.91 Å². The van der Waals surface area contributed by atoms with E-state index in [-0.39, 0.29) is 5.91 Å². The molecular weight excluding hydrogens is 218 g/mol. The minimum atomic E-state index is -0.0366. The summed E-state index contributed by atoms with van der Waals surface area (Å²) in [7, 11) is 0. The minimum Gasteiger partial charge on any atom is -0.334 e. The first-order chi connectivity index (χ1) is 8.26. The first kappa shape index (κ1) is 11.8. The average Bonchev–Trinajstić information content (AvgIpc) is 2.86. The van der Waals surface area contributed by atoms with Gasteiger partial charge in [0.05, 0.1) is 12.4 Å². The van der Waals surface area contributed by atoms with Crippen molar-refractivity contribution in [1.82, 2.24) is 14.9 Å². The van der Waals surface area contributed by atoms with E-state index >= 15 is 0 Å². The minimum absolute atomic E-state index is 0.0366. The molecule has 1 unspecified atom stereocenters. The van der Waals surface area contributed by atoms with Crippen LogP contribution in [0.2, 0.25) is 0 Å². The summed E-state index contributed by atoms with van der Waals surface area (Å²) in [5.41, 5.74) is 2.76. The first-order valence-electron chi connectivity index (χ1n) is 5.86. The second-order valence-electron chi connectivity index (χ2n) is 4.13. The molecule has 0 spiro atoms. The van der Waals surface area contributed by atoms with Crippen LogP contribution >= 0.6 is 0 Å². The van der Waals surface area contributed by atoms with Gasteiger partial charge in [-0.2, -0.15) is 0 Å². The van der Waals surface area contributed by atoms with Gasteiger partial charge in [-0.05, 0) is 19.3 Å². The van der Waals surface area contributed by atoms with Crippen molar-refractivity contribution in [3.8, 4) is 0 Å². The smallest absolute Gasteiger partial charge is 0.274 e. The number of likely N-dealkylation sites (tertiary alicyclic amines) is 1. The van der Waals surface area contributed by atoms with Gasteiger partial charge in [-0.1, -0.05) is 6.92 Å². The predicted molar refractivity (Wildman–Crippen MR) is 64.2 cm³/mol. The number of carbonyl (C=O) groups is 1. The van der Waals surface area contributed by atoms with Crippen LogP contribution in [0.1, 0.15) is 36.7 Å². The van der Waals surface area contributed by atoms with Crippen molar-refractivity contribution in [3.05, 3.63) is 18.1 Å². The molecule has 1 aromatic rings. The quantitative estimate of drug-likeness (QED) is 0.597. The monoisotopic (exact) mass is 235 g/mol. The van der Waals surface area contributed by atoms with Crippen molar-refractivity contribution in [2.75, 3.05) is 12.0 Å². The Morgan fingerprint density at radius 1 is 1.59 bits per heavy atom. The van der Waals surface area contributed by atoms with Gasteiger partial charge < -0.3 is 10.3 Å².